The van der Waals surface area contributed by atoms with Crippen LogP contribution in [-0.2, 0) is 6.37 Å². The number of benzene rings is 1. The molecule has 0 radical (unpaired) electrons. The zero-order valence-corrected chi connectivity index (χ0v) is 11.8. The molecule has 3 rings (SSSR count). The molecule has 1 aromatic rings. The molecule has 1 aliphatic carbocycles. The van der Waals surface area contributed by atoms with Crippen LogP contribution in [0.5, 0.6) is 11.5 Å². The van der Waals surface area contributed by atoms with Crippen molar-refractivity contribution in [3.8, 4) is 11.5 Å². The van der Waals surface area contributed by atoms with Crippen LogP contribution in [0.4, 0.5) is 0 Å². The highest BCUT2D eigenvalue weighted by atomic mass is 16.5. The maximum absolute atomic E-state index is 11.2. The molecule has 1 heterocycles. The largest absolute Gasteiger partial charge is 0.507 e. The highest BCUT2D eigenvalue weighted by Gasteiger charge is 2.45. The summed E-state index contributed by atoms with van der Waals surface area (Å²) in [5, 5.41) is 11.2. The molecule has 2 atom stereocenters. The molecule has 0 spiro atoms. The summed E-state index contributed by atoms with van der Waals surface area (Å²) in [7, 11) is 0. The molecule has 1 aliphatic heterocycles. The van der Waals surface area contributed by atoms with Crippen LogP contribution in [0.3, 0.4) is 0 Å². The average Bonchev–Trinajstić information content (AvgIpc) is 2.80. The standard InChI is InChI=1S/C21H30O2/c1-5-6-7-8-15-12-18(22)20-16-11-14(2)9-10-17(16)21(3,4)23-19(20)13-15/h11-13,16-17,22H,5-10H2,1-4H3/t16-,17-/m1/s1/i1D3,2D3,3D3,4D3,5D2,6D2,7D2,8D2,9D2,11D,16D. The number of hydrogen-bond acceptors (Lipinski definition) is 2. The van der Waals surface area contributed by atoms with Gasteiger partial charge in [0, 0.05) is 48.9 Å². The Labute approximate surface area is 174 Å². The molecule has 0 bridgehead atoms. The number of aromatic hydroxyl groups is 1. The first-order chi connectivity index (χ1) is 20.3. The van der Waals surface area contributed by atoms with Crippen molar-refractivity contribution in [3.05, 3.63) is 34.9 Å². The van der Waals surface area contributed by atoms with E-state index in [4.69, 9.17) is 36.3 Å². The molecule has 0 unspecified atom stereocenters. The predicted octanol–water partition coefficient (Wildman–Crippen LogP) is 5.74. The molecule has 1 aromatic carbocycles. The maximum atomic E-state index is 11.2. The van der Waals surface area contributed by atoms with Crippen molar-refractivity contribution in [2.24, 2.45) is 5.92 Å². The lowest BCUT2D eigenvalue weighted by atomic mass is 9.68. The lowest BCUT2D eigenvalue weighted by Gasteiger charge is -2.46. The SMILES string of the molecule is [2H]C1=C(C([2H])([2H])[2H])C([2H])([2H])C[C@H]2C(C([2H])([2H])[2H])(C([2H])([2H])[2H])Oc3cc(C([2H])([2H])C([2H])([2H])C([2H])([2H])C([2H])([2H])C([2H])([2H])[2H])cc(O)c3[C@]12[2H]. The van der Waals surface area contributed by atoms with Gasteiger partial charge in [-0.3, -0.25) is 0 Å². The molecule has 1 N–H and O–H groups in total. The van der Waals surface area contributed by atoms with Crippen LogP contribution in [0.15, 0.2) is 23.8 Å². The first-order valence-electron chi connectivity index (χ1n) is 18.6. The van der Waals surface area contributed by atoms with Gasteiger partial charge in [0.15, 0.2) is 0 Å². The van der Waals surface area contributed by atoms with Gasteiger partial charge in [-0.1, -0.05) is 31.2 Å². The van der Waals surface area contributed by atoms with E-state index in [9.17, 15) is 6.48 Å². The number of phenols is 1. The van der Waals surface area contributed by atoms with Gasteiger partial charge in [0.1, 0.15) is 17.1 Å². The third-order valence-corrected chi connectivity index (χ3v) is 3.54. The molecule has 2 nitrogen and oxygen atoms in total. The van der Waals surface area contributed by atoms with Crippen molar-refractivity contribution >= 4 is 0 Å². The van der Waals surface area contributed by atoms with E-state index in [-0.39, 0.29) is 0 Å². The molecule has 0 saturated carbocycles. The van der Waals surface area contributed by atoms with Crippen LogP contribution < -0.4 is 4.74 Å². The fourth-order valence-electron chi connectivity index (χ4n) is 2.56. The predicted molar refractivity (Wildman–Crippen MR) is 95.3 cm³/mol. The van der Waals surface area contributed by atoms with Crippen molar-refractivity contribution in [3.63, 3.8) is 0 Å². The van der Waals surface area contributed by atoms with Gasteiger partial charge in [-0.05, 0) is 63.8 Å². The van der Waals surface area contributed by atoms with Gasteiger partial charge in [-0.25, -0.2) is 0 Å². The third kappa shape index (κ3) is 3.13. The minimum Gasteiger partial charge on any atom is -0.507 e. The van der Waals surface area contributed by atoms with Crippen molar-refractivity contribution in [1.82, 2.24) is 0 Å². The van der Waals surface area contributed by atoms with E-state index >= 15 is 0 Å². The van der Waals surface area contributed by atoms with E-state index in [1.807, 2.05) is 0 Å². The molecular formula is C21H30O2. The summed E-state index contributed by atoms with van der Waals surface area (Å²) in [6.07, 6.45) is -20.7. The minimum atomic E-state index is -4.18. The van der Waals surface area contributed by atoms with Gasteiger partial charge in [0.05, 0.1) is 1.37 Å². The first kappa shape index (κ1) is 4.03. The molecule has 0 fully saturated rings. The summed E-state index contributed by atoms with van der Waals surface area (Å²) in [5.41, 5.74) is -7.16. The van der Waals surface area contributed by atoms with E-state index < -0.39 is 117 Å². The van der Waals surface area contributed by atoms with Gasteiger partial charge < -0.3 is 9.84 Å². The molecule has 126 valence electrons. The van der Waals surface area contributed by atoms with Crippen molar-refractivity contribution in [2.45, 2.75) is 77.2 Å². The zero-order chi connectivity index (χ0) is 37.4. The molecule has 2 aliphatic rings. The molecule has 0 saturated heterocycles. The van der Waals surface area contributed by atoms with Gasteiger partial charge >= 0.3 is 0 Å². The Balaban J connectivity index is 2.54. The van der Waals surface area contributed by atoms with Crippen molar-refractivity contribution in [2.75, 3.05) is 0 Å². The van der Waals surface area contributed by atoms with E-state index in [0.29, 0.717) is 12.1 Å². The molecule has 23 heavy (non-hydrogen) atoms. The van der Waals surface area contributed by atoms with Gasteiger partial charge in [0.2, 0.25) is 0 Å². The Bertz CT molecular complexity index is 1440. The second kappa shape index (κ2) is 6.22. The summed E-state index contributed by atoms with van der Waals surface area (Å²) in [5.74, 6) is -8.21. The van der Waals surface area contributed by atoms with E-state index in [0.717, 1.165) is 0 Å². The highest BCUT2D eigenvalue weighted by Crippen LogP contribution is 2.53. The first-order valence-corrected chi connectivity index (χ1v) is 6.63. The number of phenolic OH excluding ortho intramolecular Hbond substituents is 1. The van der Waals surface area contributed by atoms with Crippen molar-refractivity contribution < 1.29 is 42.7 Å². The van der Waals surface area contributed by atoms with E-state index in [1.54, 1.807) is 0 Å². The van der Waals surface area contributed by atoms with Gasteiger partial charge in [-0.15, -0.1) is 0 Å². The van der Waals surface area contributed by atoms with Crippen LogP contribution in [0.2, 0.25) is 0 Å². The summed E-state index contributed by atoms with van der Waals surface area (Å²) >= 11 is 0. The van der Waals surface area contributed by atoms with Crippen LogP contribution in [0, 0.1) is 5.92 Å². The van der Waals surface area contributed by atoms with E-state index in [1.165, 1.54) is 0 Å². The minimum absolute atomic E-state index is 0.345. The molecular weight excluding hydrogens is 284 g/mol. The van der Waals surface area contributed by atoms with Gasteiger partial charge in [-0.2, -0.15) is 0 Å². The van der Waals surface area contributed by atoms with Crippen LogP contribution in [0.25, 0.3) is 0 Å². The maximum Gasteiger partial charge on any atom is 0.127 e. The van der Waals surface area contributed by atoms with Gasteiger partial charge in [0.25, 0.3) is 0 Å². The zero-order valence-electron chi connectivity index (χ0n) is 35.8. The number of hydrogen-bond donors (Lipinski definition) is 1. The Morgan fingerprint density at radius 1 is 1.52 bits per heavy atom. The highest BCUT2D eigenvalue weighted by molar-refractivity contribution is 5.53. The number of aryl methyl sites for hydroxylation is 1. The number of ether oxygens (including phenoxy) is 1. The molecule has 2 heteroatoms. The van der Waals surface area contributed by atoms with Crippen LogP contribution in [-0.4, -0.2) is 10.7 Å². The third-order valence-electron chi connectivity index (χ3n) is 3.54. The Morgan fingerprint density at radius 2 is 2.43 bits per heavy atom. The number of fused-ring (bicyclic) bond motifs is 3. The number of allylic oxidation sites excluding steroid dienone is 2. The van der Waals surface area contributed by atoms with Crippen LogP contribution in [0.1, 0.15) is 109 Å². The van der Waals surface area contributed by atoms with Crippen LogP contribution >= 0.6 is 0 Å². The lowest BCUT2D eigenvalue weighted by Crippen LogP contribution is -2.45. The normalized spacial score (nSPS) is 51.0. The Morgan fingerprint density at radius 3 is 3.22 bits per heavy atom. The summed E-state index contributed by atoms with van der Waals surface area (Å²) < 4.78 is 201. The average molecular weight is 339 g/mol. The second-order valence-electron chi connectivity index (χ2n) is 5.05. The summed E-state index contributed by atoms with van der Waals surface area (Å²) in [6.45, 7) is -15.0. The lowest BCUT2D eigenvalue weighted by molar-refractivity contribution is 0.0107. The fraction of sp³-hybridized carbons (Fsp3) is 0.619. The Hall–Kier alpha value is -1.44. The van der Waals surface area contributed by atoms with Crippen molar-refractivity contribution in [1.29, 1.82) is 0 Å². The smallest absolute Gasteiger partial charge is 0.127 e. The summed E-state index contributed by atoms with van der Waals surface area (Å²) in [4.78, 5) is 0. The second-order valence-corrected chi connectivity index (χ2v) is 5.05. The molecule has 0 aromatic heterocycles. The summed E-state index contributed by atoms with van der Waals surface area (Å²) in [6, 6.07) is -0.750. The monoisotopic (exact) mass is 338 g/mol. The number of rotatable bonds is 4. The quantitative estimate of drug-likeness (QED) is 0.710. The fourth-order valence-corrected chi connectivity index (χ4v) is 2.56. The topological polar surface area (TPSA) is 29.5 Å². The Kier molecular flexibility index (Phi) is 1.09. The van der Waals surface area contributed by atoms with E-state index in [2.05, 4.69) is 0 Å². The molecule has 0 amide bonds.